The summed E-state index contributed by atoms with van der Waals surface area (Å²) >= 11 is 0. The normalized spacial score (nSPS) is 15.0. The second-order valence-electron chi connectivity index (χ2n) is 6.99. The van der Waals surface area contributed by atoms with Crippen LogP contribution in [-0.4, -0.2) is 38.1 Å². The molecule has 2 aromatic carbocycles. The van der Waals surface area contributed by atoms with Crippen LogP contribution in [0.25, 0.3) is 6.08 Å². The molecule has 0 unspecified atom stereocenters. The Hall–Kier alpha value is -3.54. The standard InChI is InChI=1S/C24H25NO5/c1-15-6-8-17(9-7-15)14-25-16(2)22(24(27)30-5)20(23(25)26)13-18-12-19(28-3)10-11-21(18)29-4/h6-13H,14H2,1-5H3/b20-13-. The van der Waals surface area contributed by atoms with Crippen molar-refractivity contribution in [2.75, 3.05) is 21.3 Å². The zero-order valence-electron chi connectivity index (χ0n) is 17.8. The van der Waals surface area contributed by atoms with Crippen LogP contribution in [0.1, 0.15) is 23.6 Å². The molecule has 1 aliphatic rings. The van der Waals surface area contributed by atoms with E-state index in [4.69, 9.17) is 14.2 Å². The van der Waals surface area contributed by atoms with Gasteiger partial charge in [0, 0.05) is 11.3 Å². The van der Waals surface area contributed by atoms with Crippen LogP contribution < -0.4 is 9.47 Å². The van der Waals surface area contributed by atoms with E-state index < -0.39 is 5.97 Å². The Labute approximate surface area is 176 Å². The lowest BCUT2D eigenvalue weighted by Gasteiger charge is -2.18. The predicted octanol–water partition coefficient (Wildman–Crippen LogP) is 3.89. The minimum atomic E-state index is -0.555. The number of benzene rings is 2. The van der Waals surface area contributed by atoms with E-state index in [1.165, 1.54) is 7.11 Å². The van der Waals surface area contributed by atoms with Gasteiger partial charge in [0.25, 0.3) is 5.91 Å². The van der Waals surface area contributed by atoms with Gasteiger partial charge in [0.05, 0.1) is 39.0 Å². The largest absolute Gasteiger partial charge is 0.497 e. The number of hydrogen-bond acceptors (Lipinski definition) is 5. The molecule has 0 N–H and O–H groups in total. The number of nitrogens with zero attached hydrogens (tertiary/aromatic N) is 1. The SMILES string of the molecule is COC(=O)C1=C(C)N(Cc2ccc(C)cc2)C(=O)/C1=C\c1cc(OC)ccc1OC. The molecular weight excluding hydrogens is 382 g/mol. The molecule has 0 bridgehead atoms. The second-order valence-corrected chi connectivity index (χ2v) is 6.99. The first kappa shape index (κ1) is 21.2. The lowest BCUT2D eigenvalue weighted by Crippen LogP contribution is -2.24. The minimum Gasteiger partial charge on any atom is -0.497 e. The number of ether oxygens (including phenoxy) is 3. The van der Waals surface area contributed by atoms with Crippen molar-refractivity contribution in [1.29, 1.82) is 0 Å². The molecule has 1 heterocycles. The molecule has 0 aliphatic carbocycles. The Morgan fingerprint density at radius 1 is 1.00 bits per heavy atom. The van der Waals surface area contributed by atoms with Crippen molar-refractivity contribution < 1.29 is 23.8 Å². The number of methoxy groups -OCH3 is 3. The van der Waals surface area contributed by atoms with Crippen LogP contribution in [0.15, 0.2) is 59.3 Å². The molecule has 0 radical (unpaired) electrons. The zero-order valence-corrected chi connectivity index (χ0v) is 17.8. The van der Waals surface area contributed by atoms with Gasteiger partial charge in [-0.25, -0.2) is 4.79 Å². The van der Waals surface area contributed by atoms with Gasteiger partial charge < -0.3 is 19.1 Å². The van der Waals surface area contributed by atoms with Crippen molar-refractivity contribution in [2.45, 2.75) is 20.4 Å². The number of carbonyl (C=O) groups is 2. The summed E-state index contributed by atoms with van der Waals surface area (Å²) < 4.78 is 15.7. The first-order chi connectivity index (χ1) is 14.4. The molecule has 0 aromatic heterocycles. The van der Waals surface area contributed by atoms with Crippen LogP contribution in [0.3, 0.4) is 0 Å². The van der Waals surface area contributed by atoms with E-state index in [0.29, 0.717) is 29.3 Å². The third-order valence-corrected chi connectivity index (χ3v) is 5.10. The molecule has 1 aliphatic heterocycles. The highest BCUT2D eigenvalue weighted by Crippen LogP contribution is 2.35. The van der Waals surface area contributed by atoms with Crippen molar-refractivity contribution in [3.05, 3.63) is 76.0 Å². The van der Waals surface area contributed by atoms with E-state index in [2.05, 4.69) is 0 Å². The summed E-state index contributed by atoms with van der Waals surface area (Å²) in [6.45, 7) is 4.12. The van der Waals surface area contributed by atoms with Crippen molar-refractivity contribution in [1.82, 2.24) is 4.90 Å². The van der Waals surface area contributed by atoms with Gasteiger partial charge in [-0.05, 0) is 43.7 Å². The Morgan fingerprint density at radius 2 is 1.70 bits per heavy atom. The van der Waals surface area contributed by atoms with Gasteiger partial charge >= 0.3 is 5.97 Å². The third-order valence-electron chi connectivity index (χ3n) is 5.10. The fourth-order valence-corrected chi connectivity index (χ4v) is 3.40. The Kier molecular flexibility index (Phi) is 6.26. The highest BCUT2D eigenvalue weighted by molar-refractivity contribution is 6.16. The van der Waals surface area contributed by atoms with Gasteiger partial charge in [-0.1, -0.05) is 29.8 Å². The smallest absolute Gasteiger partial charge is 0.340 e. The quantitative estimate of drug-likeness (QED) is 0.537. The molecule has 0 saturated carbocycles. The topological polar surface area (TPSA) is 65.1 Å². The first-order valence-corrected chi connectivity index (χ1v) is 9.50. The number of aryl methyl sites for hydroxylation is 1. The van der Waals surface area contributed by atoms with E-state index >= 15 is 0 Å². The summed E-state index contributed by atoms with van der Waals surface area (Å²) in [5, 5.41) is 0. The summed E-state index contributed by atoms with van der Waals surface area (Å²) in [5.41, 5.74) is 3.81. The fourth-order valence-electron chi connectivity index (χ4n) is 3.40. The first-order valence-electron chi connectivity index (χ1n) is 9.50. The molecule has 6 heteroatoms. The van der Waals surface area contributed by atoms with Crippen LogP contribution >= 0.6 is 0 Å². The summed E-state index contributed by atoms with van der Waals surface area (Å²) in [5.74, 6) is 0.360. The van der Waals surface area contributed by atoms with E-state index in [1.807, 2.05) is 31.2 Å². The Morgan fingerprint density at radius 3 is 2.30 bits per heavy atom. The van der Waals surface area contributed by atoms with Crippen molar-refractivity contribution in [3.8, 4) is 11.5 Å². The molecule has 0 fully saturated rings. The van der Waals surface area contributed by atoms with Crippen LogP contribution in [0.5, 0.6) is 11.5 Å². The molecule has 3 rings (SSSR count). The van der Waals surface area contributed by atoms with Gasteiger partial charge in [0.2, 0.25) is 0 Å². The average Bonchev–Trinajstić information content (AvgIpc) is 2.98. The maximum atomic E-state index is 13.3. The van der Waals surface area contributed by atoms with E-state index in [9.17, 15) is 9.59 Å². The summed E-state index contributed by atoms with van der Waals surface area (Å²) in [6.07, 6.45) is 1.65. The number of allylic oxidation sites excluding steroid dienone is 1. The number of hydrogen-bond donors (Lipinski definition) is 0. The lowest BCUT2D eigenvalue weighted by atomic mass is 10.0. The molecule has 6 nitrogen and oxygen atoms in total. The maximum Gasteiger partial charge on any atom is 0.340 e. The van der Waals surface area contributed by atoms with Crippen LogP contribution in [-0.2, 0) is 20.9 Å². The molecule has 0 saturated heterocycles. The highest BCUT2D eigenvalue weighted by atomic mass is 16.5. The van der Waals surface area contributed by atoms with Gasteiger partial charge in [0.1, 0.15) is 11.5 Å². The van der Waals surface area contributed by atoms with Gasteiger partial charge in [-0.3, -0.25) is 4.79 Å². The van der Waals surface area contributed by atoms with Crippen molar-refractivity contribution in [3.63, 3.8) is 0 Å². The number of esters is 1. The molecule has 0 atom stereocenters. The van der Waals surface area contributed by atoms with Gasteiger partial charge in [-0.15, -0.1) is 0 Å². The average molecular weight is 407 g/mol. The molecule has 2 aromatic rings. The van der Waals surface area contributed by atoms with Gasteiger partial charge in [0.15, 0.2) is 0 Å². The predicted molar refractivity (Wildman–Crippen MR) is 114 cm³/mol. The van der Waals surface area contributed by atoms with E-state index in [0.717, 1.165) is 11.1 Å². The summed E-state index contributed by atoms with van der Waals surface area (Å²) in [6, 6.07) is 13.2. The molecule has 156 valence electrons. The highest BCUT2D eigenvalue weighted by Gasteiger charge is 2.37. The Bertz CT molecular complexity index is 1030. The third kappa shape index (κ3) is 4.08. The minimum absolute atomic E-state index is 0.250. The number of rotatable bonds is 6. The molecule has 1 amide bonds. The van der Waals surface area contributed by atoms with Crippen LogP contribution in [0, 0.1) is 6.92 Å². The van der Waals surface area contributed by atoms with E-state index in [1.54, 1.807) is 50.3 Å². The molecular formula is C24H25NO5. The molecule has 0 spiro atoms. The lowest BCUT2D eigenvalue weighted by molar-refractivity contribution is -0.136. The van der Waals surface area contributed by atoms with Crippen LogP contribution in [0.2, 0.25) is 0 Å². The van der Waals surface area contributed by atoms with Gasteiger partial charge in [-0.2, -0.15) is 0 Å². The Balaban J connectivity index is 2.07. The fraction of sp³-hybridized carbons (Fsp3) is 0.250. The zero-order chi connectivity index (χ0) is 21.8. The number of amides is 1. The number of carbonyl (C=O) groups excluding carboxylic acids is 2. The monoisotopic (exact) mass is 407 g/mol. The summed E-state index contributed by atoms with van der Waals surface area (Å²) in [7, 11) is 4.42. The van der Waals surface area contributed by atoms with Crippen LogP contribution in [0.4, 0.5) is 0 Å². The van der Waals surface area contributed by atoms with Crippen molar-refractivity contribution >= 4 is 18.0 Å². The maximum absolute atomic E-state index is 13.3. The summed E-state index contributed by atoms with van der Waals surface area (Å²) in [4.78, 5) is 27.4. The second kappa shape index (κ2) is 8.86. The van der Waals surface area contributed by atoms with E-state index in [-0.39, 0.29) is 17.1 Å². The van der Waals surface area contributed by atoms with Crippen molar-refractivity contribution in [2.24, 2.45) is 0 Å². The molecule has 30 heavy (non-hydrogen) atoms.